The molecule has 0 aliphatic carbocycles. The zero-order valence-corrected chi connectivity index (χ0v) is 9.42. The van der Waals surface area contributed by atoms with Crippen molar-refractivity contribution in [2.75, 3.05) is 13.2 Å². The van der Waals surface area contributed by atoms with Crippen LogP contribution in [0.3, 0.4) is 0 Å². The van der Waals surface area contributed by atoms with E-state index in [1.165, 1.54) is 0 Å². The van der Waals surface area contributed by atoms with Crippen LogP contribution in [0.1, 0.15) is 6.92 Å². The van der Waals surface area contributed by atoms with Crippen LogP contribution in [0.4, 0.5) is 0 Å². The van der Waals surface area contributed by atoms with Gasteiger partial charge in [0.15, 0.2) is 9.03 Å². The van der Waals surface area contributed by atoms with Gasteiger partial charge in [-0.05, 0) is 6.92 Å². The summed E-state index contributed by atoms with van der Waals surface area (Å²) < 4.78 is 15.1. The van der Waals surface area contributed by atoms with Crippen LogP contribution < -0.4 is 0 Å². The fraction of sp³-hybridized carbons (Fsp3) is 1.00. The molecule has 0 radical (unpaired) electrons. The average molecular weight is 228 g/mol. The monoisotopic (exact) mass is 228 g/mol. The molecule has 0 aromatic carbocycles. The molecule has 2 N–H and O–H groups in total. The summed E-state index contributed by atoms with van der Waals surface area (Å²) >= 11 is 0. The lowest BCUT2D eigenvalue weighted by Gasteiger charge is -2.25. The van der Waals surface area contributed by atoms with E-state index in [0.717, 1.165) is 0 Å². The molecule has 0 bridgehead atoms. The van der Waals surface area contributed by atoms with Gasteiger partial charge in [0.1, 0.15) is 17.8 Å². The van der Waals surface area contributed by atoms with Crippen LogP contribution in [0.5, 0.6) is 0 Å². The Hall–Kier alpha value is 0.660. The molecule has 1 aliphatic heterocycles. The molecule has 3 unspecified atom stereocenters. The van der Waals surface area contributed by atoms with Crippen LogP contribution in [0.25, 0.3) is 0 Å². The van der Waals surface area contributed by atoms with Crippen molar-refractivity contribution in [2.45, 2.75) is 24.7 Å². The lowest BCUT2D eigenvalue weighted by atomic mass is 10.00. The first-order valence-electron chi connectivity index (χ1n) is 3.82. The predicted molar refractivity (Wildman–Crippen MR) is 51.4 cm³/mol. The third-order valence-electron chi connectivity index (χ3n) is 1.98. The molecule has 5 nitrogen and oxygen atoms in total. The molecule has 0 aromatic heterocycles. The van der Waals surface area contributed by atoms with Gasteiger partial charge >= 0.3 is 0 Å². The molecule has 7 heteroatoms. The average Bonchev–Trinajstić information content (AvgIpc) is 2.33. The number of aliphatic hydroxyl groups is 1. The molecular formula is C6H14O5P2. The highest BCUT2D eigenvalue weighted by Gasteiger charge is 2.46. The minimum atomic E-state index is -1.05. The van der Waals surface area contributed by atoms with Crippen LogP contribution in [0.15, 0.2) is 0 Å². The predicted octanol–water partition coefficient (Wildman–Crippen LogP) is -0.171. The van der Waals surface area contributed by atoms with Crippen molar-refractivity contribution in [2.24, 2.45) is 0 Å². The smallest absolute Gasteiger partial charge is 0.152 e. The summed E-state index contributed by atoms with van der Waals surface area (Å²) in [4.78, 5) is 8.64. The molecule has 0 spiro atoms. The first kappa shape index (κ1) is 11.7. The fourth-order valence-electron chi connectivity index (χ4n) is 1.34. The maximum Gasteiger partial charge on any atom is 0.152 e. The third-order valence-corrected chi connectivity index (χ3v) is 2.53. The van der Waals surface area contributed by atoms with E-state index in [2.05, 4.69) is 9.47 Å². The fourth-order valence-corrected chi connectivity index (χ4v) is 2.04. The van der Waals surface area contributed by atoms with Gasteiger partial charge in [0.05, 0.1) is 13.2 Å². The number of ether oxygens (including phenoxy) is 1. The van der Waals surface area contributed by atoms with E-state index in [-0.39, 0.29) is 12.7 Å². The molecule has 1 heterocycles. The van der Waals surface area contributed by atoms with Crippen molar-refractivity contribution in [3.05, 3.63) is 0 Å². The Morgan fingerprint density at radius 3 is 3.00 bits per heavy atom. The molecule has 1 saturated heterocycles. The number of rotatable bonds is 4. The van der Waals surface area contributed by atoms with Crippen molar-refractivity contribution >= 4 is 18.5 Å². The summed E-state index contributed by atoms with van der Waals surface area (Å²) in [6.45, 7) is 2.12. The molecular weight excluding hydrogens is 214 g/mol. The van der Waals surface area contributed by atoms with E-state index in [0.29, 0.717) is 6.61 Å². The lowest BCUT2D eigenvalue weighted by Crippen LogP contribution is -2.42. The van der Waals surface area contributed by atoms with E-state index >= 15 is 0 Å². The van der Waals surface area contributed by atoms with E-state index in [1.54, 1.807) is 6.92 Å². The zero-order valence-electron chi connectivity index (χ0n) is 7.27. The number of hydrogen-bond donors (Lipinski definition) is 2. The molecule has 0 amide bonds. The second-order valence-electron chi connectivity index (χ2n) is 3.17. The quantitative estimate of drug-likeness (QED) is 0.654. The standard InChI is InChI=1S/C6H14O5P2/c1-6(7)3-9-4(2-10-12)5(6)11-13-8/h4-5,7-8,13H,2-3,12H2,1H3/t4-,5?,6-/m1/s1. The van der Waals surface area contributed by atoms with Crippen LogP contribution in [0.2, 0.25) is 0 Å². The Morgan fingerprint density at radius 1 is 1.77 bits per heavy atom. The Bertz CT molecular complexity index is 165. The van der Waals surface area contributed by atoms with Gasteiger partial charge in [0.2, 0.25) is 0 Å². The van der Waals surface area contributed by atoms with Gasteiger partial charge in [-0.2, -0.15) is 0 Å². The van der Waals surface area contributed by atoms with Gasteiger partial charge in [-0.15, -0.1) is 0 Å². The van der Waals surface area contributed by atoms with Gasteiger partial charge < -0.3 is 23.8 Å². The van der Waals surface area contributed by atoms with Crippen molar-refractivity contribution < 1.29 is 23.8 Å². The number of hydrogen-bond acceptors (Lipinski definition) is 5. The van der Waals surface area contributed by atoms with E-state index < -0.39 is 20.7 Å². The Morgan fingerprint density at radius 2 is 2.46 bits per heavy atom. The first-order valence-corrected chi connectivity index (χ1v) is 5.15. The molecule has 78 valence electrons. The van der Waals surface area contributed by atoms with Crippen molar-refractivity contribution in [3.63, 3.8) is 0 Å². The lowest BCUT2D eigenvalue weighted by molar-refractivity contribution is -0.0224. The molecule has 1 fully saturated rings. The first-order chi connectivity index (χ1) is 6.11. The summed E-state index contributed by atoms with van der Waals surface area (Å²) in [7, 11) is 1.45. The molecule has 1 rings (SSSR count). The van der Waals surface area contributed by atoms with Crippen LogP contribution >= 0.6 is 18.5 Å². The van der Waals surface area contributed by atoms with Crippen LogP contribution in [-0.4, -0.2) is 41.0 Å². The highest BCUT2D eigenvalue weighted by atomic mass is 31.1. The zero-order chi connectivity index (χ0) is 9.90. The normalized spacial score (nSPS) is 40.6. The molecule has 13 heavy (non-hydrogen) atoms. The maximum atomic E-state index is 9.76. The largest absolute Gasteiger partial charge is 0.385 e. The van der Waals surface area contributed by atoms with Crippen LogP contribution in [-0.2, 0) is 13.8 Å². The third kappa shape index (κ3) is 2.80. The molecule has 0 aromatic rings. The highest BCUT2D eigenvalue weighted by molar-refractivity contribution is 7.25. The molecule has 1 aliphatic rings. The molecule has 0 saturated carbocycles. The summed E-state index contributed by atoms with van der Waals surface area (Å²) in [6.07, 6.45) is -0.858. The van der Waals surface area contributed by atoms with E-state index in [1.807, 2.05) is 0 Å². The van der Waals surface area contributed by atoms with Gasteiger partial charge in [-0.25, -0.2) is 0 Å². The second-order valence-corrected chi connectivity index (χ2v) is 3.92. The minimum Gasteiger partial charge on any atom is -0.385 e. The van der Waals surface area contributed by atoms with Gasteiger partial charge in [-0.3, -0.25) is 0 Å². The second kappa shape index (κ2) is 4.94. The van der Waals surface area contributed by atoms with Crippen LogP contribution in [0, 0.1) is 0 Å². The van der Waals surface area contributed by atoms with E-state index in [9.17, 15) is 5.11 Å². The van der Waals surface area contributed by atoms with Gasteiger partial charge in [0.25, 0.3) is 0 Å². The Kier molecular flexibility index (Phi) is 4.46. The molecule has 5 atom stereocenters. The highest BCUT2D eigenvalue weighted by Crippen LogP contribution is 2.31. The van der Waals surface area contributed by atoms with Gasteiger partial charge in [0, 0.05) is 9.47 Å². The summed E-state index contributed by atoms with van der Waals surface area (Å²) in [6, 6.07) is 0. The summed E-state index contributed by atoms with van der Waals surface area (Å²) in [5.74, 6) is 0. The summed E-state index contributed by atoms with van der Waals surface area (Å²) in [5.41, 5.74) is -1.05. The Labute approximate surface area is 81.0 Å². The Balaban J connectivity index is 2.56. The topological polar surface area (TPSA) is 68.2 Å². The van der Waals surface area contributed by atoms with E-state index in [4.69, 9.17) is 18.7 Å². The SMILES string of the molecule is C[C@@]1(O)CO[C@H](COP)C1OPO. The maximum absolute atomic E-state index is 9.76. The van der Waals surface area contributed by atoms with Gasteiger partial charge in [-0.1, -0.05) is 0 Å². The minimum absolute atomic E-state index is 0.195. The summed E-state index contributed by atoms with van der Waals surface area (Å²) in [5, 5.41) is 9.76. The van der Waals surface area contributed by atoms with Crippen molar-refractivity contribution in [1.29, 1.82) is 0 Å². The van der Waals surface area contributed by atoms with Crippen molar-refractivity contribution in [3.8, 4) is 0 Å². The van der Waals surface area contributed by atoms with Crippen molar-refractivity contribution in [1.82, 2.24) is 0 Å².